The van der Waals surface area contributed by atoms with Crippen LogP contribution in [0.3, 0.4) is 0 Å². The molecule has 0 fully saturated rings. The van der Waals surface area contributed by atoms with Crippen molar-refractivity contribution >= 4 is 23.4 Å². The zero-order chi connectivity index (χ0) is 23.1. The van der Waals surface area contributed by atoms with Crippen molar-refractivity contribution in [3.8, 4) is 0 Å². The van der Waals surface area contributed by atoms with Crippen molar-refractivity contribution in [1.29, 1.82) is 0 Å². The molecule has 1 aromatic rings. The third kappa shape index (κ3) is 11.1. The van der Waals surface area contributed by atoms with E-state index in [1.54, 1.807) is 6.07 Å². The van der Waals surface area contributed by atoms with Crippen molar-refractivity contribution in [2.75, 3.05) is 23.7 Å². The molecule has 0 spiro atoms. The summed E-state index contributed by atoms with van der Waals surface area (Å²) in [4.78, 5) is 24.7. The van der Waals surface area contributed by atoms with Crippen LogP contribution in [0.15, 0.2) is 18.2 Å². The molecule has 1 rings (SSSR count). The number of amides is 4. The number of carbonyl (C=O) groups is 2. The Hall–Kier alpha value is -2.24. The second kappa shape index (κ2) is 15.5. The van der Waals surface area contributed by atoms with Crippen molar-refractivity contribution < 1.29 is 9.59 Å². The highest BCUT2D eigenvalue weighted by atomic mass is 16.2. The Morgan fingerprint density at radius 3 is 1.81 bits per heavy atom. The number of urea groups is 2. The molecule has 4 N–H and O–H groups in total. The number of aryl methyl sites for hydroxylation is 1. The molecule has 0 saturated carbocycles. The number of unbranched alkanes of at least 4 members (excludes halogenated alkanes) is 2. The summed E-state index contributed by atoms with van der Waals surface area (Å²) in [7, 11) is 0. The first-order valence-corrected chi connectivity index (χ1v) is 12.1. The summed E-state index contributed by atoms with van der Waals surface area (Å²) >= 11 is 0. The fourth-order valence-corrected chi connectivity index (χ4v) is 3.54. The highest BCUT2D eigenvalue weighted by Crippen LogP contribution is 2.20. The lowest BCUT2D eigenvalue weighted by Crippen LogP contribution is -2.33. The molecule has 0 heterocycles. The van der Waals surface area contributed by atoms with Crippen LogP contribution in [0, 0.1) is 18.8 Å². The van der Waals surface area contributed by atoms with Crippen molar-refractivity contribution in [1.82, 2.24) is 10.6 Å². The van der Waals surface area contributed by atoms with Crippen molar-refractivity contribution in [3.05, 3.63) is 23.8 Å². The lowest BCUT2D eigenvalue weighted by molar-refractivity contribution is 0.248. The van der Waals surface area contributed by atoms with Crippen LogP contribution in [0.5, 0.6) is 0 Å². The monoisotopic (exact) mass is 432 g/mol. The van der Waals surface area contributed by atoms with E-state index in [4.69, 9.17) is 0 Å². The highest BCUT2D eigenvalue weighted by molar-refractivity contribution is 5.93. The molecule has 0 unspecified atom stereocenters. The number of carbonyl (C=O) groups excluding carboxylic acids is 2. The Bertz CT molecular complexity index is 663. The second-order valence-electron chi connectivity index (χ2n) is 8.53. The first kappa shape index (κ1) is 26.8. The first-order valence-electron chi connectivity index (χ1n) is 12.1. The predicted molar refractivity (Wildman–Crippen MR) is 132 cm³/mol. The molecule has 2 atom stereocenters. The van der Waals surface area contributed by atoms with Crippen LogP contribution in [0.2, 0.25) is 0 Å². The molecule has 31 heavy (non-hydrogen) atoms. The largest absolute Gasteiger partial charge is 0.338 e. The van der Waals surface area contributed by atoms with Gasteiger partial charge in [0.25, 0.3) is 0 Å². The lowest BCUT2D eigenvalue weighted by atomic mass is 9.99. The van der Waals surface area contributed by atoms with Gasteiger partial charge in [0.15, 0.2) is 0 Å². The molecular formula is C25H44N4O2. The van der Waals surface area contributed by atoms with Gasteiger partial charge in [0.05, 0.1) is 0 Å². The van der Waals surface area contributed by atoms with Crippen LogP contribution in [0.25, 0.3) is 0 Å². The van der Waals surface area contributed by atoms with Gasteiger partial charge in [0.2, 0.25) is 0 Å². The fourth-order valence-electron chi connectivity index (χ4n) is 3.54. The van der Waals surface area contributed by atoms with E-state index in [0.29, 0.717) is 36.3 Å². The number of anilines is 2. The van der Waals surface area contributed by atoms with Crippen LogP contribution in [-0.2, 0) is 0 Å². The van der Waals surface area contributed by atoms with Crippen LogP contribution >= 0.6 is 0 Å². The van der Waals surface area contributed by atoms with E-state index in [1.807, 2.05) is 19.1 Å². The molecule has 6 heteroatoms. The van der Waals surface area contributed by atoms with Gasteiger partial charge in [-0.3, -0.25) is 0 Å². The maximum Gasteiger partial charge on any atom is 0.319 e. The molecule has 0 aliphatic rings. The summed E-state index contributed by atoms with van der Waals surface area (Å²) in [5.41, 5.74) is 2.31. The third-order valence-corrected chi connectivity index (χ3v) is 5.93. The minimum atomic E-state index is -0.212. The molecule has 176 valence electrons. The van der Waals surface area contributed by atoms with Gasteiger partial charge in [-0.2, -0.15) is 0 Å². The number of benzene rings is 1. The normalized spacial score (nSPS) is 12.7. The van der Waals surface area contributed by atoms with Gasteiger partial charge in [-0.1, -0.05) is 72.3 Å². The molecule has 0 aliphatic carbocycles. The molecule has 4 amide bonds. The minimum absolute atomic E-state index is 0.207. The molecule has 1 aromatic carbocycles. The number of nitrogens with one attached hydrogen (secondary N) is 4. The molecule has 0 saturated heterocycles. The van der Waals surface area contributed by atoms with E-state index >= 15 is 0 Å². The summed E-state index contributed by atoms with van der Waals surface area (Å²) in [5, 5.41) is 11.8. The van der Waals surface area contributed by atoms with Gasteiger partial charge in [-0.05, 0) is 49.3 Å². The Morgan fingerprint density at radius 1 is 0.806 bits per heavy atom. The molecule has 6 nitrogen and oxygen atoms in total. The zero-order valence-corrected chi connectivity index (χ0v) is 20.3. The molecule has 0 aliphatic heterocycles. The maximum atomic E-state index is 12.4. The standard InChI is InChI=1S/C25H44N4O2/c1-6-10-12-20(8-3)17-26-24(30)28-22-15-14-19(5)23(16-22)29-25(31)27-18-21(9-4)13-11-7-2/h14-16,20-21H,6-13,17-18H2,1-5H3,(H2,26,28,30)(H2,27,29,31)/t20-,21+/m1/s1. The highest BCUT2D eigenvalue weighted by Gasteiger charge is 2.11. The van der Waals surface area contributed by atoms with Crippen LogP contribution in [-0.4, -0.2) is 25.2 Å². The maximum absolute atomic E-state index is 12.4. The number of rotatable bonds is 14. The van der Waals surface area contributed by atoms with Crippen molar-refractivity contribution in [2.45, 2.75) is 86.0 Å². The smallest absolute Gasteiger partial charge is 0.319 e. The number of hydrogen-bond acceptors (Lipinski definition) is 2. The topological polar surface area (TPSA) is 82.3 Å². The minimum Gasteiger partial charge on any atom is -0.338 e. The second-order valence-corrected chi connectivity index (χ2v) is 8.53. The third-order valence-electron chi connectivity index (χ3n) is 5.93. The first-order chi connectivity index (χ1) is 14.9. The van der Waals surface area contributed by atoms with E-state index in [0.717, 1.165) is 31.2 Å². The van der Waals surface area contributed by atoms with E-state index in [2.05, 4.69) is 49.0 Å². The van der Waals surface area contributed by atoms with Crippen LogP contribution in [0.4, 0.5) is 21.0 Å². The summed E-state index contributed by atoms with van der Waals surface area (Å²) in [5.74, 6) is 1.02. The van der Waals surface area contributed by atoms with Gasteiger partial charge in [-0.25, -0.2) is 9.59 Å². The molecular weight excluding hydrogens is 388 g/mol. The van der Waals surface area contributed by atoms with E-state index in [9.17, 15) is 9.59 Å². The van der Waals surface area contributed by atoms with Crippen molar-refractivity contribution in [2.24, 2.45) is 11.8 Å². The Kier molecular flexibility index (Phi) is 13.4. The summed E-state index contributed by atoms with van der Waals surface area (Å²) < 4.78 is 0. The fraction of sp³-hybridized carbons (Fsp3) is 0.680. The average Bonchev–Trinajstić information content (AvgIpc) is 2.76. The Labute approximate surface area is 189 Å². The Morgan fingerprint density at radius 2 is 1.32 bits per heavy atom. The lowest BCUT2D eigenvalue weighted by Gasteiger charge is -2.17. The van der Waals surface area contributed by atoms with E-state index in [1.165, 1.54) is 25.7 Å². The van der Waals surface area contributed by atoms with E-state index in [-0.39, 0.29) is 12.1 Å². The van der Waals surface area contributed by atoms with Gasteiger partial charge >= 0.3 is 12.1 Å². The molecule has 0 aromatic heterocycles. The Balaban J connectivity index is 2.56. The average molecular weight is 433 g/mol. The van der Waals surface area contributed by atoms with Gasteiger partial charge in [-0.15, -0.1) is 0 Å². The quantitative estimate of drug-likeness (QED) is 0.265. The summed E-state index contributed by atoms with van der Waals surface area (Å²) in [6, 6.07) is 5.14. The van der Waals surface area contributed by atoms with Crippen LogP contribution in [0.1, 0.15) is 84.6 Å². The molecule has 0 bridgehead atoms. The SMILES string of the molecule is CCCC[C@@H](CC)CNC(=O)Nc1ccc(C)c(NC(=O)NC[C@@H](CC)CCCC)c1. The zero-order valence-electron chi connectivity index (χ0n) is 20.3. The predicted octanol–water partition coefficient (Wildman–Crippen LogP) is 6.67. The number of hydrogen-bond donors (Lipinski definition) is 4. The van der Waals surface area contributed by atoms with Crippen LogP contribution < -0.4 is 21.3 Å². The summed E-state index contributed by atoms with van der Waals surface area (Å²) in [6.45, 7) is 12.0. The summed E-state index contributed by atoms with van der Waals surface area (Å²) in [6.07, 6.45) is 9.12. The van der Waals surface area contributed by atoms with E-state index < -0.39 is 0 Å². The van der Waals surface area contributed by atoms with Gasteiger partial charge in [0.1, 0.15) is 0 Å². The molecule has 0 radical (unpaired) electrons. The van der Waals surface area contributed by atoms with Gasteiger partial charge < -0.3 is 21.3 Å². The van der Waals surface area contributed by atoms with Gasteiger partial charge in [0, 0.05) is 24.5 Å². The van der Waals surface area contributed by atoms with Crippen molar-refractivity contribution in [3.63, 3.8) is 0 Å².